The minimum Gasteiger partial charge on any atom is -0.311 e. The van der Waals surface area contributed by atoms with Crippen LogP contribution in [0.2, 0.25) is 0 Å². The van der Waals surface area contributed by atoms with E-state index in [1.807, 2.05) is 24.3 Å². The number of halogens is 1. The van der Waals surface area contributed by atoms with Crippen LogP contribution in [0.3, 0.4) is 0 Å². The van der Waals surface area contributed by atoms with Crippen molar-refractivity contribution in [2.75, 3.05) is 18.0 Å². The number of aryl methyl sites for hydroxylation is 1. The highest BCUT2D eigenvalue weighted by Crippen LogP contribution is 2.26. The molecule has 0 saturated carbocycles. The smallest absolute Gasteiger partial charge is 0.242 e. The summed E-state index contributed by atoms with van der Waals surface area (Å²) in [6, 6.07) is 12.9. The lowest BCUT2D eigenvalue weighted by Crippen LogP contribution is -2.42. The highest BCUT2D eigenvalue weighted by Gasteiger charge is 2.23. The normalized spacial score (nSPS) is 14.2. The number of nitrogens with zero attached hydrogens (tertiary/aromatic N) is 1. The second kappa shape index (κ2) is 7.33. The number of fused-ring (bicyclic) bond motifs is 1. The Hall–Kier alpha value is -2.25. The van der Waals surface area contributed by atoms with Gasteiger partial charge in [-0.15, -0.1) is 0 Å². The summed E-state index contributed by atoms with van der Waals surface area (Å²) in [6.45, 7) is 0.285. The van der Waals surface area contributed by atoms with Gasteiger partial charge in [0.1, 0.15) is 5.82 Å². The van der Waals surface area contributed by atoms with Crippen molar-refractivity contribution in [1.29, 1.82) is 0 Å². The van der Waals surface area contributed by atoms with Crippen molar-refractivity contribution in [2.45, 2.75) is 18.6 Å². The fourth-order valence-electron chi connectivity index (χ4n) is 2.91. The molecule has 0 atom stereocenters. The number of carbonyl (C=O) groups is 1. The molecule has 7 heteroatoms. The van der Waals surface area contributed by atoms with Gasteiger partial charge in [0.25, 0.3) is 0 Å². The monoisotopic (exact) mass is 362 g/mol. The number of hydrogen-bond donors (Lipinski definition) is 1. The Morgan fingerprint density at radius 1 is 1.12 bits per heavy atom. The molecule has 2 aromatic carbocycles. The topological polar surface area (TPSA) is 66.5 Å². The van der Waals surface area contributed by atoms with E-state index in [0.717, 1.165) is 24.1 Å². The van der Waals surface area contributed by atoms with E-state index in [1.54, 1.807) is 4.90 Å². The van der Waals surface area contributed by atoms with E-state index in [0.29, 0.717) is 12.1 Å². The van der Waals surface area contributed by atoms with Crippen LogP contribution in [0, 0.1) is 5.82 Å². The van der Waals surface area contributed by atoms with Gasteiger partial charge in [0.05, 0.1) is 12.3 Å². The van der Waals surface area contributed by atoms with E-state index in [9.17, 15) is 17.6 Å². The van der Waals surface area contributed by atoms with Gasteiger partial charge < -0.3 is 4.90 Å². The average molecular weight is 362 g/mol. The molecular formula is C18H19FN2O3S. The average Bonchev–Trinajstić information content (AvgIpc) is 2.61. The Balaban J connectivity index is 1.63. The predicted molar refractivity (Wildman–Crippen MR) is 94.1 cm³/mol. The molecule has 5 nitrogen and oxygen atoms in total. The molecule has 0 bridgehead atoms. The predicted octanol–water partition coefficient (Wildman–Crippen LogP) is 2.22. The van der Waals surface area contributed by atoms with Crippen LogP contribution >= 0.6 is 0 Å². The summed E-state index contributed by atoms with van der Waals surface area (Å²) >= 11 is 0. The molecule has 0 unspecified atom stereocenters. The fraction of sp³-hybridized carbons (Fsp3) is 0.278. The molecule has 3 rings (SSSR count). The van der Waals surface area contributed by atoms with Crippen molar-refractivity contribution in [1.82, 2.24) is 4.72 Å². The fourth-order valence-corrected chi connectivity index (χ4v) is 3.99. The molecular weight excluding hydrogens is 343 g/mol. The second-order valence-electron chi connectivity index (χ2n) is 5.98. The van der Waals surface area contributed by atoms with Crippen molar-refractivity contribution in [3.63, 3.8) is 0 Å². The highest BCUT2D eigenvalue weighted by molar-refractivity contribution is 7.88. The van der Waals surface area contributed by atoms with Crippen LogP contribution in [0.4, 0.5) is 10.1 Å². The van der Waals surface area contributed by atoms with Crippen LogP contribution in [0.5, 0.6) is 0 Å². The van der Waals surface area contributed by atoms with Crippen molar-refractivity contribution < 1.29 is 17.6 Å². The molecule has 2 aromatic rings. The van der Waals surface area contributed by atoms with E-state index in [4.69, 9.17) is 0 Å². The third-order valence-corrected chi connectivity index (χ3v) is 5.42. The summed E-state index contributed by atoms with van der Waals surface area (Å²) in [5.41, 5.74) is 2.40. The van der Waals surface area contributed by atoms with Crippen LogP contribution in [-0.4, -0.2) is 27.4 Å². The number of hydrogen-bond acceptors (Lipinski definition) is 3. The molecule has 1 N–H and O–H groups in total. The molecule has 0 fully saturated rings. The van der Waals surface area contributed by atoms with Gasteiger partial charge >= 0.3 is 0 Å². The van der Waals surface area contributed by atoms with E-state index in [2.05, 4.69) is 4.72 Å². The lowest BCUT2D eigenvalue weighted by molar-refractivity contribution is -0.117. The summed E-state index contributed by atoms with van der Waals surface area (Å²) in [6.07, 6.45) is 1.77. The standard InChI is InChI=1S/C18H19FN2O3S/c19-16-9-7-14(8-10-16)13-25(23,24)20-12-18(22)21-11-3-5-15-4-1-2-6-17(15)21/h1-2,4,6-10,20H,3,5,11-13H2. The number of amides is 1. The number of para-hydroxylation sites is 1. The van der Waals surface area contributed by atoms with Crippen molar-refractivity contribution >= 4 is 21.6 Å². The number of sulfonamides is 1. The molecule has 1 aliphatic rings. The number of rotatable bonds is 5. The van der Waals surface area contributed by atoms with Gasteiger partial charge in [0.2, 0.25) is 15.9 Å². The van der Waals surface area contributed by atoms with Gasteiger partial charge in [-0.1, -0.05) is 30.3 Å². The van der Waals surface area contributed by atoms with Crippen LogP contribution < -0.4 is 9.62 Å². The first kappa shape index (κ1) is 17.6. The highest BCUT2D eigenvalue weighted by atomic mass is 32.2. The molecule has 0 radical (unpaired) electrons. The van der Waals surface area contributed by atoms with Crippen LogP contribution in [-0.2, 0) is 27.0 Å². The van der Waals surface area contributed by atoms with Crippen molar-refractivity contribution in [3.8, 4) is 0 Å². The first-order valence-corrected chi connectivity index (χ1v) is 9.70. The maximum Gasteiger partial charge on any atom is 0.242 e. The maximum absolute atomic E-state index is 12.9. The van der Waals surface area contributed by atoms with Gasteiger partial charge in [0.15, 0.2) is 0 Å². The summed E-state index contributed by atoms with van der Waals surface area (Å²) in [7, 11) is -3.68. The molecule has 0 spiro atoms. The number of benzene rings is 2. The van der Waals surface area contributed by atoms with E-state index in [-0.39, 0.29) is 18.2 Å². The summed E-state index contributed by atoms with van der Waals surface area (Å²) < 4.78 is 39.5. The summed E-state index contributed by atoms with van der Waals surface area (Å²) in [5, 5.41) is 0. The molecule has 0 saturated heterocycles. The Morgan fingerprint density at radius 2 is 1.84 bits per heavy atom. The van der Waals surface area contributed by atoms with Gasteiger partial charge in [-0.3, -0.25) is 4.79 Å². The molecule has 1 aliphatic heterocycles. The zero-order chi connectivity index (χ0) is 17.9. The second-order valence-corrected chi connectivity index (χ2v) is 7.79. The van der Waals surface area contributed by atoms with Gasteiger partial charge in [-0.05, 0) is 42.2 Å². The molecule has 1 amide bonds. The molecule has 25 heavy (non-hydrogen) atoms. The Bertz CT molecular complexity index is 866. The largest absolute Gasteiger partial charge is 0.311 e. The number of anilines is 1. The lowest BCUT2D eigenvalue weighted by atomic mass is 10.0. The third kappa shape index (κ3) is 4.43. The Morgan fingerprint density at radius 3 is 2.60 bits per heavy atom. The number of carbonyl (C=O) groups excluding carboxylic acids is 1. The minimum absolute atomic E-state index is 0.283. The Labute approximate surface area is 146 Å². The first-order chi connectivity index (χ1) is 11.9. The third-order valence-electron chi connectivity index (χ3n) is 4.12. The quantitative estimate of drug-likeness (QED) is 0.887. The molecule has 0 aliphatic carbocycles. The van der Waals surface area contributed by atoms with Crippen molar-refractivity contribution in [3.05, 3.63) is 65.5 Å². The van der Waals surface area contributed by atoms with Gasteiger partial charge in [-0.2, -0.15) is 0 Å². The number of nitrogens with one attached hydrogen (secondary N) is 1. The summed E-state index contributed by atoms with van der Waals surface area (Å²) in [4.78, 5) is 14.1. The van der Waals surface area contributed by atoms with E-state index < -0.39 is 15.8 Å². The zero-order valence-electron chi connectivity index (χ0n) is 13.6. The Kier molecular flexibility index (Phi) is 5.15. The maximum atomic E-state index is 12.9. The zero-order valence-corrected chi connectivity index (χ0v) is 14.4. The van der Waals surface area contributed by atoms with E-state index >= 15 is 0 Å². The van der Waals surface area contributed by atoms with Crippen LogP contribution in [0.1, 0.15) is 17.5 Å². The molecule has 132 valence electrons. The lowest BCUT2D eigenvalue weighted by Gasteiger charge is -2.29. The van der Waals surface area contributed by atoms with Crippen LogP contribution in [0.15, 0.2) is 48.5 Å². The molecule has 1 heterocycles. The van der Waals surface area contributed by atoms with Gasteiger partial charge in [-0.25, -0.2) is 17.5 Å². The van der Waals surface area contributed by atoms with Gasteiger partial charge in [0, 0.05) is 12.2 Å². The first-order valence-electron chi connectivity index (χ1n) is 8.05. The van der Waals surface area contributed by atoms with E-state index in [1.165, 1.54) is 24.3 Å². The van der Waals surface area contributed by atoms with Crippen molar-refractivity contribution in [2.24, 2.45) is 0 Å². The molecule has 0 aromatic heterocycles. The SMILES string of the molecule is O=C(CNS(=O)(=O)Cc1ccc(F)cc1)N1CCCc2ccccc21. The van der Waals surface area contributed by atoms with Crippen LogP contribution in [0.25, 0.3) is 0 Å². The summed E-state index contributed by atoms with van der Waals surface area (Å²) in [5.74, 6) is -1.00. The minimum atomic E-state index is -3.68.